The van der Waals surface area contributed by atoms with Crippen LogP contribution in [0.25, 0.3) is 0 Å². The predicted molar refractivity (Wildman–Crippen MR) is 73.7 cm³/mol. The molecule has 0 aromatic carbocycles. The monoisotopic (exact) mass is 291 g/mol. The van der Waals surface area contributed by atoms with E-state index in [1.807, 2.05) is 27.7 Å². The zero-order chi connectivity index (χ0) is 15.3. The normalized spacial score (nSPS) is 13.8. The van der Waals surface area contributed by atoms with Crippen LogP contribution in [0.3, 0.4) is 0 Å². The molecule has 0 aliphatic heterocycles. The fourth-order valence-electron chi connectivity index (χ4n) is 2.60. The maximum atomic E-state index is 12.7. The van der Waals surface area contributed by atoms with Crippen molar-refractivity contribution >= 4 is 0 Å². The molecule has 1 aromatic rings. The highest BCUT2D eigenvalue weighted by molar-refractivity contribution is 5.30. The molecule has 0 bridgehead atoms. The summed E-state index contributed by atoms with van der Waals surface area (Å²) in [4.78, 5) is 0. The third-order valence-electron chi connectivity index (χ3n) is 3.38. The Bertz CT molecular complexity index is 424. The highest BCUT2D eigenvalue weighted by Crippen LogP contribution is 2.28. The molecule has 0 saturated carbocycles. The van der Waals surface area contributed by atoms with Crippen LogP contribution in [0, 0.1) is 0 Å². The molecule has 3 nitrogen and oxygen atoms in total. The van der Waals surface area contributed by atoms with E-state index in [0.717, 1.165) is 28.9 Å². The highest BCUT2D eigenvalue weighted by atomic mass is 19.4. The third-order valence-corrected chi connectivity index (χ3v) is 3.38. The molecule has 1 rings (SSSR count). The molecular formula is C14H24F3N3. The van der Waals surface area contributed by atoms with Gasteiger partial charge >= 0.3 is 6.18 Å². The van der Waals surface area contributed by atoms with E-state index in [9.17, 15) is 13.2 Å². The van der Waals surface area contributed by atoms with E-state index in [1.54, 1.807) is 0 Å². The van der Waals surface area contributed by atoms with E-state index in [4.69, 9.17) is 0 Å². The molecule has 20 heavy (non-hydrogen) atoms. The van der Waals surface area contributed by atoms with Gasteiger partial charge in [-0.15, -0.1) is 0 Å². The second-order valence-corrected chi connectivity index (χ2v) is 4.81. The van der Waals surface area contributed by atoms with Gasteiger partial charge in [-0.05, 0) is 25.8 Å². The van der Waals surface area contributed by atoms with Gasteiger partial charge in [0.15, 0.2) is 0 Å². The van der Waals surface area contributed by atoms with Crippen molar-refractivity contribution in [1.29, 1.82) is 0 Å². The van der Waals surface area contributed by atoms with Crippen LogP contribution in [-0.4, -0.2) is 22.5 Å². The van der Waals surface area contributed by atoms with Crippen molar-refractivity contribution in [3.63, 3.8) is 0 Å². The number of aromatic nitrogens is 2. The Labute approximate surface area is 118 Å². The second-order valence-electron chi connectivity index (χ2n) is 4.81. The Balaban J connectivity index is 3.26. The van der Waals surface area contributed by atoms with Crippen LogP contribution in [0.5, 0.6) is 0 Å². The van der Waals surface area contributed by atoms with Crippen LogP contribution >= 0.6 is 0 Å². The Morgan fingerprint density at radius 1 is 1.15 bits per heavy atom. The molecule has 0 aliphatic carbocycles. The van der Waals surface area contributed by atoms with Gasteiger partial charge in [0.05, 0.1) is 5.69 Å². The van der Waals surface area contributed by atoms with Gasteiger partial charge in [0, 0.05) is 17.3 Å². The van der Waals surface area contributed by atoms with Crippen LogP contribution in [0.4, 0.5) is 13.2 Å². The van der Waals surface area contributed by atoms with Gasteiger partial charge in [-0.3, -0.25) is 4.68 Å². The van der Waals surface area contributed by atoms with Gasteiger partial charge in [-0.1, -0.05) is 27.7 Å². The van der Waals surface area contributed by atoms with Gasteiger partial charge in [0.25, 0.3) is 0 Å². The van der Waals surface area contributed by atoms with Crippen LogP contribution in [0.15, 0.2) is 0 Å². The van der Waals surface area contributed by atoms with E-state index in [-0.39, 0.29) is 6.04 Å². The summed E-state index contributed by atoms with van der Waals surface area (Å²) < 4.78 is 39.1. The average Bonchev–Trinajstić information content (AvgIpc) is 2.71. The van der Waals surface area contributed by atoms with Crippen LogP contribution in [0.2, 0.25) is 0 Å². The fourth-order valence-corrected chi connectivity index (χ4v) is 2.60. The summed E-state index contributed by atoms with van der Waals surface area (Å²) in [6.45, 7) is 7.63. The molecule has 1 aromatic heterocycles. The van der Waals surface area contributed by atoms with Gasteiger partial charge in [0.2, 0.25) is 0 Å². The standard InChI is InChI=1S/C14H24F3N3/c1-5-10(18-8-4)13-11(6-2)19-20(12(13)7-3)9-14(15,16)17/h10,18H,5-9H2,1-4H3. The quantitative estimate of drug-likeness (QED) is 0.831. The number of rotatable bonds is 7. The van der Waals surface area contributed by atoms with Crippen molar-refractivity contribution in [3.05, 3.63) is 17.0 Å². The summed E-state index contributed by atoms with van der Waals surface area (Å²) in [5, 5.41) is 7.53. The fraction of sp³-hybridized carbons (Fsp3) is 0.786. The van der Waals surface area contributed by atoms with Crippen molar-refractivity contribution in [2.75, 3.05) is 6.54 Å². The van der Waals surface area contributed by atoms with Crippen molar-refractivity contribution in [2.45, 2.75) is 65.7 Å². The first-order valence-electron chi connectivity index (χ1n) is 7.26. The molecule has 0 radical (unpaired) electrons. The first-order valence-corrected chi connectivity index (χ1v) is 7.26. The summed E-state index contributed by atoms with van der Waals surface area (Å²) in [5.74, 6) is 0. The second kappa shape index (κ2) is 7.11. The number of alkyl halides is 3. The zero-order valence-corrected chi connectivity index (χ0v) is 12.6. The van der Waals surface area contributed by atoms with E-state index >= 15 is 0 Å². The highest BCUT2D eigenvalue weighted by Gasteiger charge is 2.31. The number of nitrogens with one attached hydrogen (secondary N) is 1. The van der Waals surface area contributed by atoms with E-state index in [2.05, 4.69) is 10.4 Å². The third kappa shape index (κ3) is 3.98. The maximum Gasteiger partial charge on any atom is 0.408 e. The van der Waals surface area contributed by atoms with Gasteiger partial charge in [-0.25, -0.2) is 0 Å². The summed E-state index contributed by atoms with van der Waals surface area (Å²) >= 11 is 0. The molecule has 1 unspecified atom stereocenters. The summed E-state index contributed by atoms with van der Waals surface area (Å²) in [7, 11) is 0. The smallest absolute Gasteiger partial charge is 0.310 e. The van der Waals surface area contributed by atoms with E-state index in [1.165, 1.54) is 0 Å². The largest absolute Gasteiger partial charge is 0.408 e. The lowest BCUT2D eigenvalue weighted by Crippen LogP contribution is -2.23. The topological polar surface area (TPSA) is 29.9 Å². The molecule has 116 valence electrons. The van der Waals surface area contributed by atoms with Crippen LogP contribution in [0.1, 0.15) is 57.1 Å². The van der Waals surface area contributed by atoms with Crippen molar-refractivity contribution in [1.82, 2.24) is 15.1 Å². The first-order chi connectivity index (χ1) is 9.37. The SMILES string of the molecule is CCNC(CC)c1c(CC)nn(CC(F)(F)F)c1CC. The summed E-state index contributed by atoms with van der Waals surface area (Å²) in [6, 6.07) is 0.0758. The number of halogens is 3. The predicted octanol–water partition coefficient (Wildman–Crippen LogP) is 3.63. The lowest BCUT2D eigenvalue weighted by atomic mass is 9.99. The number of hydrogen-bond acceptors (Lipinski definition) is 2. The van der Waals surface area contributed by atoms with Crippen molar-refractivity contribution in [2.24, 2.45) is 0 Å². The molecule has 0 fully saturated rings. The molecule has 1 N–H and O–H groups in total. The lowest BCUT2D eigenvalue weighted by Gasteiger charge is -2.18. The molecular weight excluding hydrogens is 267 g/mol. The minimum absolute atomic E-state index is 0.0758. The molecule has 0 saturated heterocycles. The lowest BCUT2D eigenvalue weighted by molar-refractivity contribution is -0.143. The minimum Gasteiger partial charge on any atom is -0.310 e. The summed E-state index contributed by atoms with van der Waals surface area (Å²) in [5.41, 5.74) is 2.44. The van der Waals surface area contributed by atoms with Crippen molar-refractivity contribution < 1.29 is 13.2 Å². The molecule has 1 heterocycles. The molecule has 6 heteroatoms. The molecule has 0 aliphatic rings. The zero-order valence-electron chi connectivity index (χ0n) is 12.6. The number of aryl methyl sites for hydroxylation is 1. The molecule has 0 spiro atoms. The van der Waals surface area contributed by atoms with Crippen molar-refractivity contribution in [3.8, 4) is 0 Å². The first kappa shape index (κ1) is 17.0. The minimum atomic E-state index is -4.24. The van der Waals surface area contributed by atoms with Crippen LogP contribution < -0.4 is 5.32 Å². The molecule has 1 atom stereocenters. The maximum absolute atomic E-state index is 12.7. The number of nitrogens with zero attached hydrogens (tertiary/aromatic N) is 2. The van der Waals surface area contributed by atoms with Gasteiger partial charge < -0.3 is 5.32 Å². The Hall–Kier alpha value is -1.04. The number of hydrogen-bond donors (Lipinski definition) is 1. The van der Waals surface area contributed by atoms with Gasteiger partial charge in [0.1, 0.15) is 6.54 Å². The van der Waals surface area contributed by atoms with Crippen LogP contribution in [-0.2, 0) is 19.4 Å². The Kier molecular flexibility index (Phi) is 6.05. The Morgan fingerprint density at radius 3 is 2.20 bits per heavy atom. The average molecular weight is 291 g/mol. The Morgan fingerprint density at radius 2 is 1.80 bits per heavy atom. The van der Waals surface area contributed by atoms with E-state index in [0.29, 0.717) is 18.5 Å². The molecule has 0 amide bonds. The van der Waals surface area contributed by atoms with Gasteiger partial charge in [-0.2, -0.15) is 18.3 Å². The summed E-state index contributed by atoms with van der Waals surface area (Å²) in [6.07, 6.45) is -2.20. The van der Waals surface area contributed by atoms with E-state index < -0.39 is 12.7 Å².